The maximum absolute atomic E-state index is 12.5. The second-order valence-corrected chi connectivity index (χ2v) is 10.8. The van der Waals surface area contributed by atoms with Crippen molar-refractivity contribution >= 4 is 23.9 Å². The third-order valence-electron chi connectivity index (χ3n) is 6.14. The van der Waals surface area contributed by atoms with Gasteiger partial charge in [0.2, 0.25) is 0 Å². The minimum Gasteiger partial charge on any atom is -0.480 e. The highest BCUT2D eigenvalue weighted by molar-refractivity contribution is 5.77. The number of aliphatic carboxylic acids is 1. The summed E-state index contributed by atoms with van der Waals surface area (Å²) in [6.07, 6.45) is 5.41. The Kier molecular flexibility index (Phi) is 14.0. The lowest BCUT2D eigenvalue weighted by Gasteiger charge is -2.29. The number of hydrogen-bond acceptors (Lipinski definition) is 8. The molecule has 0 radical (unpaired) electrons. The van der Waals surface area contributed by atoms with E-state index in [1.54, 1.807) is 33.8 Å². The third-order valence-corrected chi connectivity index (χ3v) is 6.14. The Morgan fingerprint density at radius 1 is 0.895 bits per heavy atom. The number of ether oxygens (including phenoxy) is 3. The third kappa shape index (κ3) is 11.2. The monoisotopic (exact) mass is 535 g/mol. The maximum atomic E-state index is 12.5. The molecule has 3 N–H and O–H groups in total. The largest absolute Gasteiger partial charge is 0.480 e. The van der Waals surface area contributed by atoms with Crippen LogP contribution in [0.2, 0.25) is 0 Å². The Hall–Kier alpha value is -2.94. The first kappa shape index (κ1) is 33.1. The van der Waals surface area contributed by atoms with E-state index >= 15 is 0 Å². The van der Waals surface area contributed by atoms with E-state index in [2.05, 4.69) is 0 Å². The molecule has 3 atom stereocenters. The molecule has 9 nitrogen and oxygen atoms in total. The van der Waals surface area contributed by atoms with Crippen molar-refractivity contribution in [3.8, 4) is 11.5 Å². The predicted octanol–water partition coefficient (Wildman–Crippen LogP) is 5.38. The van der Waals surface area contributed by atoms with E-state index in [-0.39, 0.29) is 30.9 Å². The van der Waals surface area contributed by atoms with Gasteiger partial charge in [-0.05, 0) is 57.2 Å². The maximum Gasteiger partial charge on any atom is 0.321 e. The Labute approximate surface area is 226 Å². The molecule has 0 aromatic heterocycles. The second kappa shape index (κ2) is 16.1. The molecule has 2 unspecified atom stereocenters. The van der Waals surface area contributed by atoms with Crippen LogP contribution in [0.1, 0.15) is 104 Å². The zero-order valence-electron chi connectivity index (χ0n) is 23.7. The summed E-state index contributed by atoms with van der Waals surface area (Å²) in [4.78, 5) is 49.1. The molecule has 1 aromatic carbocycles. The zero-order valence-corrected chi connectivity index (χ0v) is 23.7. The van der Waals surface area contributed by atoms with Gasteiger partial charge in [0.1, 0.15) is 6.04 Å². The number of hydrogen-bond donors (Lipinski definition) is 2. The number of benzene rings is 1. The fourth-order valence-corrected chi connectivity index (χ4v) is 3.85. The average Bonchev–Trinajstić information content (AvgIpc) is 2.83. The molecule has 0 spiro atoms. The van der Waals surface area contributed by atoms with Gasteiger partial charge < -0.3 is 25.1 Å². The molecule has 0 amide bonds. The fourth-order valence-electron chi connectivity index (χ4n) is 3.85. The number of esters is 3. The number of carbonyl (C=O) groups is 4. The van der Waals surface area contributed by atoms with Crippen LogP contribution in [0.15, 0.2) is 18.2 Å². The first-order valence-electron chi connectivity index (χ1n) is 13.5. The standard InChI is InChI=1S/C29H45NO8/c1-7-9-11-13-23(31)37-21-16-15-20(17-22(21)38-24(32)14-12-10-8-2)25(26(30)27(33)34)19(3)18-36-28(35)29(4,5)6/h15-17,19,25-26H,7-14,18,30H2,1-6H3,(H,33,34)/t19?,25?,26-/m0/s1. The molecule has 0 bridgehead atoms. The van der Waals surface area contributed by atoms with Crippen molar-refractivity contribution in [2.75, 3.05) is 6.61 Å². The quantitative estimate of drug-likeness (QED) is 0.162. The molecule has 38 heavy (non-hydrogen) atoms. The summed E-state index contributed by atoms with van der Waals surface area (Å²) >= 11 is 0. The topological polar surface area (TPSA) is 142 Å². The van der Waals surface area contributed by atoms with Gasteiger partial charge in [-0.15, -0.1) is 0 Å². The molecule has 0 saturated heterocycles. The lowest BCUT2D eigenvalue weighted by molar-refractivity contribution is -0.154. The van der Waals surface area contributed by atoms with Gasteiger partial charge in [0.25, 0.3) is 0 Å². The molecule has 0 heterocycles. The van der Waals surface area contributed by atoms with Crippen LogP contribution in [0, 0.1) is 11.3 Å². The van der Waals surface area contributed by atoms with Gasteiger partial charge >= 0.3 is 23.9 Å². The SMILES string of the molecule is CCCCCC(=O)Oc1ccc(C(C(C)COC(=O)C(C)(C)C)[C@H](N)C(=O)O)cc1OC(=O)CCCCC. The smallest absolute Gasteiger partial charge is 0.321 e. The van der Waals surface area contributed by atoms with Crippen LogP contribution in [0.3, 0.4) is 0 Å². The highest BCUT2D eigenvalue weighted by Crippen LogP contribution is 2.36. The van der Waals surface area contributed by atoms with E-state index in [0.29, 0.717) is 18.4 Å². The summed E-state index contributed by atoms with van der Waals surface area (Å²) in [6, 6.07) is 3.24. The van der Waals surface area contributed by atoms with Crippen LogP contribution in [-0.4, -0.2) is 41.6 Å². The van der Waals surface area contributed by atoms with Gasteiger partial charge in [-0.1, -0.05) is 52.5 Å². The Morgan fingerprint density at radius 2 is 1.42 bits per heavy atom. The first-order valence-corrected chi connectivity index (χ1v) is 13.5. The molecular formula is C29H45NO8. The molecule has 0 aliphatic rings. The van der Waals surface area contributed by atoms with Gasteiger partial charge in [0.15, 0.2) is 11.5 Å². The van der Waals surface area contributed by atoms with E-state index in [9.17, 15) is 24.3 Å². The summed E-state index contributed by atoms with van der Waals surface area (Å²) in [5.74, 6) is -3.74. The summed E-state index contributed by atoms with van der Waals surface area (Å²) in [7, 11) is 0. The van der Waals surface area contributed by atoms with Crippen LogP contribution in [-0.2, 0) is 23.9 Å². The van der Waals surface area contributed by atoms with Gasteiger partial charge in [0, 0.05) is 18.8 Å². The van der Waals surface area contributed by atoms with Crippen molar-refractivity contribution < 1.29 is 38.5 Å². The van der Waals surface area contributed by atoms with Crippen LogP contribution >= 0.6 is 0 Å². The van der Waals surface area contributed by atoms with E-state index in [1.807, 2.05) is 13.8 Å². The molecule has 1 rings (SSSR count). The number of rotatable bonds is 16. The number of carboxylic acids is 1. The summed E-state index contributed by atoms with van der Waals surface area (Å²) < 4.78 is 16.5. The first-order chi connectivity index (χ1) is 17.8. The van der Waals surface area contributed by atoms with Crippen molar-refractivity contribution in [3.05, 3.63) is 23.8 Å². The fraction of sp³-hybridized carbons (Fsp3) is 0.655. The average molecular weight is 536 g/mol. The minimum atomic E-state index is -1.33. The molecule has 1 aromatic rings. The summed E-state index contributed by atoms with van der Waals surface area (Å²) in [5.41, 5.74) is 5.82. The van der Waals surface area contributed by atoms with Crippen LogP contribution in [0.25, 0.3) is 0 Å². The van der Waals surface area contributed by atoms with Gasteiger partial charge in [0.05, 0.1) is 12.0 Å². The molecule has 214 valence electrons. The van der Waals surface area contributed by atoms with Crippen molar-refractivity contribution in [2.45, 2.75) is 105 Å². The van der Waals surface area contributed by atoms with E-state index in [0.717, 1.165) is 25.7 Å². The number of carbonyl (C=O) groups excluding carboxylic acids is 3. The number of carboxylic acid groups (broad SMARTS) is 1. The summed E-state index contributed by atoms with van der Waals surface area (Å²) in [6.45, 7) is 10.9. The normalized spacial score (nSPS) is 13.8. The Balaban J connectivity index is 3.31. The molecular weight excluding hydrogens is 490 g/mol. The highest BCUT2D eigenvalue weighted by atomic mass is 16.6. The molecule has 0 aliphatic heterocycles. The Morgan fingerprint density at radius 3 is 1.89 bits per heavy atom. The van der Waals surface area contributed by atoms with Crippen molar-refractivity contribution in [1.29, 1.82) is 0 Å². The van der Waals surface area contributed by atoms with Crippen LogP contribution in [0.4, 0.5) is 0 Å². The zero-order chi connectivity index (χ0) is 28.9. The molecule has 9 heteroatoms. The molecule has 0 fully saturated rings. The molecule has 0 aliphatic carbocycles. The van der Waals surface area contributed by atoms with Crippen molar-refractivity contribution in [2.24, 2.45) is 17.1 Å². The van der Waals surface area contributed by atoms with Gasteiger partial charge in [-0.25, -0.2) is 0 Å². The highest BCUT2D eigenvalue weighted by Gasteiger charge is 2.33. The predicted molar refractivity (Wildman–Crippen MR) is 144 cm³/mol. The molecule has 0 saturated carbocycles. The number of unbranched alkanes of at least 4 members (excludes halogenated alkanes) is 4. The van der Waals surface area contributed by atoms with Gasteiger partial charge in [-0.2, -0.15) is 0 Å². The lowest BCUT2D eigenvalue weighted by atomic mass is 9.82. The van der Waals surface area contributed by atoms with Crippen LogP contribution < -0.4 is 15.2 Å². The van der Waals surface area contributed by atoms with E-state index < -0.39 is 47.2 Å². The second-order valence-electron chi connectivity index (χ2n) is 10.8. The van der Waals surface area contributed by atoms with Crippen LogP contribution in [0.5, 0.6) is 11.5 Å². The summed E-state index contributed by atoms with van der Waals surface area (Å²) in [5, 5.41) is 9.69. The van der Waals surface area contributed by atoms with E-state index in [1.165, 1.54) is 12.1 Å². The van der Waals surface area contributed by atoms with Crippen molar-refractivity contribution in [3.63, 3.8) is 0 Å². The lowest BCUT2D eigenvalue weighted by Crippen LogP contribution is -2.41. The number of nitrogens with two attached hydrogens (primary N) is 1. The minimum absolute atomic E-state index is 0.0225. The Bertz CT molecular complexity index is 937. The van der Waals surface area contributed by atoms with E-state index in [4.69, 9.17) is 19.9 Å². The van der Waals surface area contributed by atoms with Gasteiger partial charge in [-0.3, -0.25) is 19.2 Å². The van der Waals surface area contributed by atoms with Crippen molar-refractivity contribution in [1.82, 2.24) is 0 Å².